The van der Waals surface area contributed by atoms with E-state index in [9.17, 15) is 32.2 Å². The van der Waals surface area contributed by atoms with Crippen LogP contribution in [0.1, 0.15) is 25.7 Å². The molecule has 1 aliphatic carbocycles. The molecule has 2 fully saturated rings. The third-order valence-corrected chi connectivity index (χ3v) is 5.27. The molecule has 0 radical (unpaired) electrons. The first kappa shape index (κ1) is 20.4. The third kappa shape index (κ3) is 3.78. The summed E-state index contributed by atoms with van der Waals surface area (Å²) < 4.78 is 72.3. The van der Waals surface area contributed by atoms with E-state index in [1.165, 1.54) is 0 Å². The zero-order valence-electron chi connectivity index (χ0n) is 13.2. The van der Waals surface area contributed by atoms with Crippen molar-refractivity contribution < 1.29 is 51.0 Å². The highest BCUT2D eigenvalue weighted by Gasteiger charge is 2.58. The monoisotopic (exact) mass is 390 g/mol. The Bertz CT molecular complexity index is 593. The van der Waals surface area contributed by atoms with Crippen LogP contribution in [0.4, 0.5) is 8.78 Å². The van der Waals surface area contributed by atoms with E-state index in [0.29, 0.717) is 12.8 Å². The molecule has 1 spiro atoms. The molecule has 0 aromatic rings. The molecular weight excluding hydrogens is 370 g/mol. The van der Waals surface area contributed by atoms with Gasteiger partial charge < -0.3 is 24.4 Å². The van der Waals surface area contributed by atoms with Crippen molar-refractivity contribution in [2.75, 3.05) is 26.4 Å². The molecular formula is C13H20F2O9S. The number of halogens is 2. The second-order valence-corrected chi connectivity index (χ2v) is 7.80. The topological polar surface area (TPSA) is 140 Å². The maximum absolute atomic E-state index is 13.4. The number of ether oxygens (including phenoxy) is 3. The summed E-state index contributed by atoms with van der Waals surface area (Å²) >= 11 is 0. The Morgan fingerprint density at radius 3 is 2.24 bits per heavy atom. The van der Waals surface area contributed by atoms with Gasteiger partial charge in [-0.3, -0.25) is 4.55 Å². The van der Waals surface area contributed by atoms with Crippen molar-refractivity contribution in [1.82, 2.24) is 0 Å². The van der Waals surface area contributed by atoms with Crippen LogP contribution in [0, 0.1) is 5.41 Å². The summed E-state index contributed by atoms with van der Waals surface area (Å²) in [6.07, 6.45) is 0.0217. The number of carbonyl (C=O) groups is 1. The predicted octanol–water partition coefficient (Wildman–Crippen LogP) is -0.333. The molecule has 2 rings (SSSR count). The van der Waals surface area contributed by atoms with Crippen molar-refractivity contribution in [2.45, 2.75) is 42.8 Å². The summed E-state index contributed by atoms with van der Waals surface area (Å²) in [5.74, 6) is -3.99. The van der Waals surface area contributed by atoms with E-state index >= 15 is 0 Å². The molecule has 12 heteroatoms. The zero-order chi connectivity index (χ0) is 18.9. The predicted molar refractivity (Wildman–Crippen MR) is 76.1 cm³/mol. The average molecular weight is 390 g/mol. The molecule has 1 unspecified atom stereocenters. The number of hydrogen-bond donors (Lipinski definition) is 3. The minimum atomic E-state index is -5.98. The fourth-order valence-electron chi connectivity index (χ4n) is 2.73. The molecule has 25 heavy (non-hydrogen) atoms. The van der Waals surface area contributed by atoms with Gasteiger partial charge in [0.05, 0.1) is 31.8 Å². The van der Waals surface area contributed by atoms with E-state index in [1.807, 2.05) is 0 Å². The van der Waals surface area contributed by atoms with Crippen LogP contribution in [0.3, 0.4) is 0 Å². The second kappa shape index (κ2) is 7.00. The van der Waals surface area contributed by atoms with E-state index in [1.54, 1.807) is 0 Å². The lowest BCUT2D eigenvalue weighted by atomic mass is 9.86. The fourth-order valence-corrected chi connectivity index (χ4v) is 2.99. The van der Waals surface area contributed by atoms with Crippen LogP contribution >= 0.6 is 0 Å². The van der Waals surface area contributed by atoms with Gasteiger partial charge in [0.2, 0.25) is 5.79 Å². The molecule has 1 heterocycles. The third-order valence-electron chi connectivity index (χ3n) is 4.46. The lowest BCUT2D eigenvalue weighted by Crippen LogP contribution is -2.60. The van der Waals surface area contributed by atoms with Crippen LogP contribution in [0.15, 0.2) is 0 Å². The van der Waals surface area contributed by atoms with Gasteiger partial charge in [-0.15, -0.1) is 0 Å². The number of rotatable bonds is 5. The van der Waals surface area contributed by atoms with E-state index in [0.717, 1.165) is 0 Å². The largest absolute Gasteiger partial charge is 0.465 e. The molecule has 146 valence electrons. The van der Waals surface area contributed by atoms with Crippen LogP contribution < -0.4 is 0 Å². The minimum absolute atomic E-state index is 0.0819. The van der Waals surface area contributed by atoms with Gasteiger partial charge >= 0.3 is 21.3 Å². The Morgan fingerprint density at radius 2 is 1.76 bits per heavy atom. The van der Waals surface area contributed by atoms with Crippen molar-refractivity contribution >= 4 is 16.1 Å². The summed E-state index contributed by atoms with van der Waals surface area (Å²) in [6, 6.07) is 0. The van der Waals surface area contributed by atoms with Crippen molar-refractivity contribution in [2.24, 2.45) is 5.41 Å². The van der Waals surface area contributed by atoms with Crippen LogP contribution in [0.5, 0.6) is 0 Å². The van der Waals surface area contributed by atoms with Crippen LogP contribution in [0.2, 0.25) is 0 Å². The molecule has 1 atom stereocenters. The van der Waals surface area contributed by atoms with Gasteiger partial charge in [-0.1, -0.05) is 0 Å². The normalized spacial score (nSPS) is 26.4. The fraction of sp³-hybridized carbons (Fsp3) is 0.923. The summed E-state index contributed by atoms with van der Waals surface area (Å²) in [5.41, 5.74) is -1.07. The molecule has 0 amide bonds. The van der Waals surface area contributed by atoms with E-state index in [4.69, 9.17) is 14.0 Å². The van der Waals surface area contributed by atoms with Crippen molar-refractivity contribution in [3.05, 3.63) is 0 Å². The van der Waals surface area contributed by atoms with Gasteiger partial charge in [-0.05, 0) is 19.3 Å². The molecule has 3 N–H and O–H groups in total. The van der Waals surface area contributed by atoms with Gasteiger partial charge in [0.15, 0.2) is 6.10 Å². The van der Waals surface area contributed by atoms with Gasteiger partial charge in [0, 0.05) is 6.42 Å². The molecule has 0 aromatic heterocycles. The molecule has 1 saturated carbocycles. The van der Waals surface area contributed by atoms with Gasteiger partial charge in [0.25, 0.3) is 0 Å². The summed E-state index contributed by atoms with van der Waals surface area (Å²) in [7, 11) is -5.98. The van der Waals surface area contributed by atoms with Gasteiger partial charge in [-0.2, -0.15) is 17.2 Å². The first-order valence-corrected chi connectivity index (χ1v) is 9.01. The Hall–Kier alpha value is -0.920. The zero-order valence-corrected chi connectivity index (χ0v) is 14.0. The number of carbonyl (C=O) groups excluding carboxylic acids is 1. The maximum atomic E-state index is 13.4. The van der Waals surface area contributed by atoms with Crippen molar-refractivity contribution in [1.29, 1.82) is 0 Å². The molecule has 1 aliphatic heterocycles. The van der Waals surface area contributed by atoms with Crippen molar-refractivity contribution in [3.8, 4) is 0 Å². The average Bonchev–Trinajstić information content (AvgIpc) is 2.57. The number of esters is 1. The van der Waals surface area contributed by atoms with Crippen molar-refractivity contribution in [3.63, 3.8) is 0 Å². The summed E-state index contributed by atoms with van der Waals surface area (Å²) in [6.45, 7) is -1.21. The first-order chi connectivity index (χ1) is 11.5. The highest BCUT2D eigenvalue weighted by molar-refractivity contribution is 7.87. The minimum Gasteiger partial charge on any atom is -0.451 e. The van der Waals surface area contributed by atoms with E-state index in [2.05, 4.69) is 4.74 Å². The molecule has 1 saturated heterocycles. The number of hydrogen-bond acceptors (Lipinski definition) is 8. The van der Waals surface area contributed by atoms with Crippen LogP contribution in [-0.2, 0) is 29.1 Å². The van der Waals surface area contributed by atoms with E-state index in [-0.39, 0.29) is 26.1 Å². The van der Waals surface area contributed by atoms with Gasteiger partial charge in [-0.25, -0.2) is 4.79 Å². The lowest BCUT2D eigenvalue weighted by molar-refractivity contribution is -0.354. The summed E-state index contributed by atoms with van der Waals surface area (Å²) in [5, 5.41) is 13.6. The molecule has 0 bridgehead atoms. The van der Waals surface area contributed by atoms with Crippen LogP contribution in [-0.4, -0.2) is 72.7 Å². The maximum Gasteiger partial charge on any atom is 0.465 e. The Kier molecular flexibility index (Phi) is 5.71. The smallest absolute Gasteiger partial charge is 0.451 e. The molecule has 2 aliphatic rings. The number of alkyl halides is 2. The first-order valence-electron chi connectivity index (χ1n) is 7.57. The number of aliphatic hydroxyl groups excluding tert-OH is 2. The standard InChI is InChI=1S/C13H20F2O9S/c14-13(15,25(19,20)21)10(18)24-9-3-1-2-4-12(9)22-7-11(5-16,6-17)8-23-12/h9,16-17H,1-8H2,(H,19,20,21). The SMILES string of the molecule is O=C(OC1CCCCC12OCC(CO)(CO)CO2)C(F)(F)S(=O)(=O)O. The summed E-state index contributed by atoms with van der Waals surface area (Å²) in [4.78, 5) is 11.5. The Labute approximate surface area is 142 Å². The Morgan fingerprint density at radius 1 is 1.20 bits per heavy atom. The molecule has 0 aromatic carbocycles. The Balaban J connectivity index is 2.16. The highest BCUT2D eigenvalue weighted by atomic mass is 32.2. The highest BCUT2D eigenvalue weighted by Crippen LogP contribution is 2.41. The quantitative estimate of drug-likeness (QED) is 0.425. The van der Waals surface area contributed by atoms with Gasteiger partial charge in [0.1, 0.15) is 0 Å². The molecule has 9 nitrogen and oxygen atoms in total. The van der Waals surface area contributed by atoms with Crippen LogP contribution in [0.25, 0.3) is 0 Å². The second-order valence-electron chi connectivity index (χ2n) is 6.34. The lowest BCUT2D eigenvalue weighted by Gasteiger charge is -2.49. The number of aliphatic hydroxyl groups is 2. The van der Waals surface area contributed by atoms with E-state index < -0.39 is 51.9 Å².